The zero-order valence-electron chi connectivity index (χ0n) is 97.7. The third kappa shape index (κ3) is 38.9. The Morgan fingerprint density at radius 2 is 0.466 bits per heavy atom. The second-order valence-corrected chi connectivity index (χ2v) is 59.7. The molecule has 2 fully saturated rings. The van der Waals surface area contributed by atoms with Crippen LogP contribution in [0.25, 0.3) is 44.5 Å². The van der Waals surface area contributed by atoms with Crippen molar-refractivity contribution in [3.63, 3.8) is 0 Å². The molecule has 0 spiro atoms. The minimum Gasteiger partial charge on any atom is -0.508 e. The van der Waals surface area contributed by atoms with E-state index in [-0.39, 0.29) is 91.7 Å². The predicted molar refractivity (Wildman–Crippen MR) is 635 cm³/mol. The fourth-order valence-electron chi connectivity index (χ4n) is 22.0. The molecule has 0 bridgehead atoms. The Balaban J connectivity index is 0.000000283. The highest BCUT2D eigenvalue weighted by atomic mass is 79.9. The van der Waals surface area contributed by atoms with Gasteiger partial charge in [-0.05, 0) is 325 Å². The maximum absolute atomic E-state index is 12.3. The molecule has 802 valence electrons. The summed E-state index contributed by atoms with van der Waals surface area (Å²) in [6.07, 6.45) is 7.73. The molecule has 2 saturated heterocycles. The molecule has 0 aliphatic carbocycles. The largest absolute Gasteiger partial charge is 0.534 e. The summed E-state index contributed by atoms with van der Waals surface area (Å²) in [6.45, 7) is 96.8. The lowest BCUT2D eigenvalue weighted by molar-refractivity contribution is -0.0500. The van der Waals surface area contributed by atoms with Gasteiger partial charge in [0.25, 0.3) is 0 Å². The molecule has 0 radical (unpaired) electrons. The van der Waals surface area contributed by atoms with Crippen LogP contribution in [0.5, 0.6) is 11.5 Å². The van der Waals surface area contributed by atoms with Gasteiger partial charge in [-0.3, -0.25) is 0 Å². The predicted octanol–water partition coefficient (Wildman–Crippen LogP) is 38.0. The Hall–Kier alpha value is -7.18. The first kappa shape index (κ1) is 127. The summed E-state index contributed by atoms with van der Waals surface area (Å²) in [5, 5.41) is 9.25. The summed E-state index contributed by atoms with van der Waals surface area (Å²) in [4.78, 5) is 0. The lowest BCUT2D eigenvalue weighted by Gasteiger charge is -2.33. The first-order valence-corrected chi connectivity index (χ1v) is 55.2. The van der Waals surface area contributed by atoms with Crippen LogP contribution in [-0.2, 0) is 66.6 Å². The molecule has 0 saturated carbocycles. The van der Waals surface area contributed by atoms with Gasteiger partial charge in [0.05, 0.1) is 22.4 Å². The van der Waals surface area contributed by atoms with Crippen molar-refractivity contribution in [2.24, 2.45) is 37.9 Å². The van der Waals surface area contributed by atoms with Crippen LogP contribution >= 0.6 is 45.4 Å². The van der Waals surface area contributed by atoms with E-state index in [1.807, 2.05) is 50.2 Å². The Labute approximate surface area is 910 Å². The van der Waals surface area contributed by atoms with Gasteiger partial charge in [0.1, 0.15) is 11.5 Å². The molecule has 0 aromatic heterocycles. The average molecular weight is 2170 g/mol. The Morgan fingerprint density at radius 3 is 0.685 bits per heavy atom. The lowest BCUT2D eigenvalue weighted by Crippen LogP contribution is -2.41. The number of phenols is 1. The van der Waals surface area contributed by atoms with E-state index in [0.29, 0.717) is 27.4 Å². The molecule has 0 amide bonds. The normalized spacial score (nSPS) is 15.4. The number of phenolic OH excluding ortho intramolecular Hbond substituents is 1. The van der Waals surface area contributed by atoms with Crippen molar-refractivity contribution in [1.82, 2.24) is 0 Å². The van der Waals surface area contributed by atoms with Crippen molar-refractivity contribution in [2.75, 3.05) is 0 Å². The van der Waals surface area contributed by atoms with Crippen LogP contribution in [-0.4, -0.2) is 55.7 Å². The maximum Gasteiger partial charge on any atom is 0.534 e. The van der Waals surface area contributed by atoms with E-state index in [0.717, 1.165) is 70.4 Å². The molecule has 2 aliphatic rings. The quantitative estimate of drug-likeness (QED) is 0.0407. The van der Waals surface area contributed by atoms with Crippen LogP contribution < -0.4 is 15.1 Å². The molecule has 10 aromatic carbocycles. The van der Waals surface area contributed by atoms with Crippen molar-refractivity contribution in [1.29, 1.82) is 0 Å². The second-order valence-electron chi connectivity index (χ2n) is 56.4. The van der Waals surface area contributed by atoms with Gasteiger partial charge < -0.3 is 27.9 Å². The van der Waals surface area contributed by atoms with E-state index in [2.05, 4.69) is 484 Å². The monoisotopic (exact) mass is 2160 g/mol. The molecule has 12 rings (SSSR count). The number of hydrogen-bond donors (Lipinski definition) is 1. The van der Waals surface area contributed by atoms with E-state index in [9.17, 15) is 26.7 Å². The van der Waals surface area contributed by atoms with Gasteiger partial charge in [0, 0.05) is 8.95 Å². The lowest BCUT2D eigenvalue weighted by atomic mass is 9.71. The van der Waals surface area contributed by atoms with Gasteiger partial charge >= 0.3 is 29.9 Å². The van der Waals surface area contributed by atoms with Gasteiger partial charge in [0.15, 0.2) is 0 Å². The highest BCUT2D eigenvalue weighted by Crippen LogP contribution is 2.48. The minimum atomic E-state index is -5.63. The van der Waals surface area contributed by atoms with Gasteiger partial charge in [0.2, 0.25) is 0 Å². The third-order valence-electron chi connectivity index (χ3n) is 27.9. The van der Waals surface area contributed by atoms with E-state index >= 15 is 0 Å². The number of hydrogen-bond acceptors (Lipinski definition) is 8. The van der Waals surface area contributed by atoms with Gasteiger partial charge in [-0.2, -0.15) is 35.1 Å². The summed E-state index contributed by atoms with van der Waals surface area (Å²) in [5.74, 6) is -0.0158. The smallest absolute Gasteiger partial charge is 0.508 e. The fraction of sp³-hybridized carbons (Fsp3) is 0.535. The van der Waals surface area contributed by atoms with Crippen LogP contribution in [0, 0.1) is 37.9 Å². The molecule has 8 nitrogen and oxygen atoms in total. The second kappa shape index (κ2) is 47.6. The molecule has 2 aliphatic heterocycles. The van der Waals surface area contributed by atoms with Crippen molar-refractivity contribution < 1.29 is 49.5 Å². The van der Waals surface area contributed by atoms with Crippen molar-refractivity contribution in [3.05, 3.63) is 284 Å². The molecular weight excluding hydrogens is 1980 g/mol. The molecule has 10 aromatic rings. The molecule has 1 N–H and O–H groups in total. The van der Waals surface area contributed by atoms with E-state index in [1.54, 1.807) is 24.3 Å². The van der Waals surface area contributed by atoms with Crippen LogP contribution in [0.2, 0.25) is 0 Å². The maximum atomic E-state index is 12.3. The molecule has 0 unspecified atom stereocenters. The fourth-order valence-corrected chi connectivity index (χ4v) is 23.6. The number of halogens is 5. The van der Waals surface area contributed by atoms with Gasteiger partial charge in [-0.25, -0.2) is 0 Å². The van der Waals surface area contributed by atoms with Crippen LogP contribution in [0.1, 0.15) is 382 Å². The van der Waals surface area contributed by atoms with Crippen LogP contribution in [0.3, 0.4) is 0 Å². The zero-order chi connectivity index (χ0) is 110. The summed E-state index contributed by atoms with van der Waals surface area (Å²) in [5.41, 5.74) is 16.9. The summed E-state index contributed by atoms with van der Waals surface area (Å²) in [6, 6.07) is 82.5. The first-order chi connectivity index (χ1) is 65.4. The topological polar surface area (TPSA) is 101 Å². The number of aromatic hydroxyl groups is 1. The molecular formula is C129H185B2Br2F3O8S2. The SMILES string of the molecule is Brc1cccc(Br)c1.CC(C)(C)CC(C)(C)c1ccc(-c2cc(B3OC(C)(C)C(C)(C)O3)cc(-c3ccc(C(C)(C)CC(C)(C)C)cc3)c2)cc1.CC(C)(C)CC(C)(C)c1ccc(-c2cccc(-c3ccc(C(C)(C)CC(C)(C)C)cc3)c2)cc1.CC(C)(C)CC(C)(C)c1ccc(B2OC(C)(C)C(C)(C)O2)cc1.CC(C)(C)CC(C)(C)c1ccc(O)cc1.CC(C)(C)CC(C)(C)c1ccc(OS(=O)(=O)C(F)(F)F)cc1.S. The highest BCUT2D eigenvalue weighted by molar-refractivity contribution is 9.11. The summed E-state index contributed by atoms with van der Waals surface area (Å²) >= 11 is 6.66. The van der Waals surface area contributed by atoms with Crippen molar-refractivity contribution >= 4 is 80.6 Å². The van der Waals surface area contributed by atoms with E-state index in [4.69, 9.17) is 18.6 Å². The molecule has 146 heavy (non-hydrogen) atoms. The van der Waals surface area contributed by atoms with E-state index in [1.165, 1.54) is 90.0 Å². The number of alkyl halides is 3. The summed E-state index contributed by atoms with van der Waals surface area (Å²) in [7, 11) is -6.32. The Kier molecular flexibility index (Phi) is 41.6. The van der Waals surface area contributed by atoms with Crippen molar-refractivity contribution in [2.45, 2.75) is 408 Å². The average Bonchev–Trinajstić information content (AvgIpc) is 1.61. The Morgan fingerprint density at radius 1 is 0.267 bits per heavy atom. The molecule has 2 heterocycles. The minimum absolute atomic E-state index is 0. The Bertz CT molecular complexity index is 5720. The third-order valence-corrected chi connectivity index (χ3v) is 29.9. The number of rotatable bonds is 22. The zero-order valence-corrected chi connectivity index (χ0v) is 103. The van der Waals surface area contributed by atoms with Crippen LogP contribution in [0.15, 0.2) is 246 Å². The number of benzene rings is 10. The van der Waals surface area contributed by atoms with Gasteiger partial charge in [-0.1, -0.05) is 456 Å². The molecule has 0 atom stereocenters. The van der Waals surface area contributed by atoms with Gasteiger partial charge in [-0.15, -0.1) is 0 Å². The van der Waals surface area contributed by atoms with Crippen LogP contribution in [0.4, 0.5) is 13.2 Å². The first-order valence-electron chi connectivity index (χ1n) is 52.2. The summed E-state index contributed by atoms with van der Waals surface area (Å²) < 4.78 is 90.3. The standard InChI is InChI=1S/C40H57BO2.C34H46.C20H33BO2.C15H21F3O3S.C14H22O.C6H4Br2.H2S/c1-35(2,3)26-37(7,8)32-19-15-28(16-20-32)30-23-31(25-34(24-30)41-42-39(11,12)40(13,14)43-41)29-17-21-33(22-18-29)38(9,10)27-36(4,5)6;1-31(2,3)23-33(7,8)29-18-14-25(15-19-29)27-12-11-13-28(22-27)26-16-20-30(21-17-26)34(9,10)24-32(4,5)6;1-17(2,3)14-18(4,5)15-10-12-16(13-11-15)21-22-19(6,7)20(8,9)23-21;1-13(2,3)10-14(4,5)11-6-8-12(9-7-11)21-22(19,20)15(16,17)18;1-13(2,3)10-14(4,5)11-6-8-12(15)9-7-11;7-5-2-1-3-6(8)4-5;/h15-25H,26-27H2,1-14H3;11-22H,23-24H2,1-10H3;10-13H,14H2,1-9H3;6-9H,10H2,1-5H3;6-9,15H,10H2,1-5H3;1-4H;1H2. The van der Waals surface area contributed by atoms with Crippen molar-refractivity contribution in [3.8, 4) is 56.0 Å². The van der Waals surface area contributed by atoms with E-state index < -0.39 is 33.9 Å². The molecule has 17 heteroatoms. The highest BCUT2D eigenvalue weighted by Gasteiger charge is 2.54.